The highest BCUT2D eigenvalue weighted by Gasteiger charge is 2.15. The van der Waals surface area contributed by atoms with Crippen LogP contribution in [-0.2, 0) is 9.53 Å². The second-order valence-corrected chi connectivity index (χ2v) is 5.02. The molecule has 0 aliphatic heterocycles. The lowest BCUT2D eigenvalue weighted by atomic mass is 10.1. The Hall–Kier alpha value is -3.49. The summed E-state index contributed by atoms with van der Waals surface area (Å²) < 4.78 is 10.4. The molecule has 9 heteroatoms. The highest BCUT2D eigenvalue weighted by molar-refractivity contribution is 5.71. The minimum Gasteiger partial charge on any atom is -0.482 e. The molecular weight excluding hydrogens is 332 g/mol. The van der Waals surface area contributed by atoms with Gasteiger partial charge in [0.15, 0.2) is 6.61 Å². The summed E-state index contributed by atoms with van der Waals surface area (Å²) in [5.41, 5.74) is 0.301. The van der Waals surface area contributed by atoms with E-state index in [1.165, 1.54) is 42.5 Å². The van der Waals surface area contributed by atoms with Crippen LogP contribution in [0.25, 0.3) is 0 Å². The molecule has 0 saturated carbocycles. The first kappa shape index (κ1) is 17.9. The molecule has 0 N–H and O–H groups in total. The van der Waals surface area contributed by atoms with Crippen LogP contribution in [0.2, 0.25) is 0 Å². The van der Waals surface area contributed by atoms with Crippen molar-refractivity contribution in [2.24, 2.45) is 0 Å². The fraction of sp³-hybridized carbons (Fsp3) is 0.188. The molecular formula is C16H14N2O7. The van der Waals surface area contributed by atoms with E-state index in [1.807, 2.05) is 0 Å². The molecule has 0 aliphatic rings. The lowest BCUT2D eigenvalue weighted by Crippen LogP contribution is -2.17. The molecule has 25 heavy (non-hydrogen) atoms. The molecule has 0 spiro atoms. The van der Waals surface area contributed by atoms with Gasteiger partial charge in [0.05, 0.1) is 9.85 Å². The maximum Gasteiger partial charge on any atom is 0.344 e. The van der Waals surface area contributed by atoms with Crippen molar-refractivity contribution in [3.63, 3.8) is 0 Å². The van der Waals surface area contributed by atoms with Crippen molar-refractivity contribution in [3.8, 4) is 5.75 Å². The van der Waals surface area contributed by atoms with Gasteiger partial charge in [-0.15, -0.1) is 0 Å². The summed E-state index contributed by atoms with van der Waals surface area (Å²) in [6.45, 7) is 1.19. The number of non-ortho nitro benzene ring substituents is 2. The van der Waals surface area contributed by atoms with Gasteiger partial charge >= 0.3 is 5.97 Å². The lowest BCUT2D eigenvalue weighted by Gasteiger charge is -2.14. The number of hydrogen-bond acceptors (Lipinski definition) is 7. The SMILES string of the molecule is C[C@H](OC(=O)COc1ccc([N+](=O)[O-])cc1)c1cccc([N+](=O)[O-])c1. The third-order valence-electron chi connectivity index (χ3n) is 3.26. The summed E-state index contributed by atoms with van der Waals surface area (Å²) in [5.74, 6) is -0.386. The van der Waals surface area contributed by atoms with E-state index in [-0.39, 0.29) is 17.1 Å². The van der Waals surface area contributed by atoms with E-state index in [2.05, 4.69) is 0 Å². The number of ether oxygens (including phenoxy) is 2. The number of hydrogen-bond donors (Lipinski definition) is 0. The molecule has 0 bridgehead atoms. The average Bonchev–Trinajstić information content (AvgIpc) is 2.60. The fourth-order valence-electron chi connectivity index (χ4n) is 2.00. The number of rotatable bonds is 7. The van der Waals surface area contributed by atoms with E-state index < -0.39 is 28.5 Å². The van der Waals surface area contributed by atoms with Crippen LogP contribution in [-0.4, -0.2) is 22.4 Å². The van der Waals surface area contributed by atoms with Crippen LogP contribution in [0.5, 0.6) is 5.75 Å². The molecule has 2 aromatic carbocycles. The Labute approximate surface area is 142 Å². The van der Waals surface area contributed by atoms with Crippen LogP contribution >= 0.6 is 0 Å². The fourth-order valence-corrected chi connectivity index (χ4v) is 2.00. The highest BCUT2D eigenvalue weighted by Crippen LogP contribution is 2.22. The molecule has 2 aromatic rings. The summed E-state index contributed by atoms with van der Waals surface area (Å²) >= 11 is 0. The molecule has 130 valence electrons. The second-order valence-electron chi connectivity index (χ2n) is 5.02. The minimum atomic E-state index is -0.687. The number of nitrogens with zero attached hydrogens (tertiary/aromatic N) is 2. The molecule has 0 aliphatic carbocycles. The van der Waals surface area contributed by atoms with Crippen molar-refractivity contribution in [1.29, 1.82) is 0 Å². The quantitative estimate of drug-likeness (QED) is 0.428. The minimum absolute atomic E-state index is 0.0887. The van der Waals surface area contributed by atoms with Gasteiger partial charge in [0.2, 0.25) is 0 Å². The zero-order valence-corrected chi connectivity index (χ0v) is 13.2. The lowest BCUT2D eigenvalue weighted by molar-refractivity contribution is -0.385. The standard InChI is InChI=1S/C16H14N2O7/c1-11(12-3-2-4-14(9-12)18(22)23)25-16(19)10-24-15-7-5-13(6-8-15)17(20)21/h2-9,11H,10H2,1H3/t11-/m0/s1. The van der Waals surface area contributed by atoms with Crippen LogP contribution in [0, 0.1) is 20.2 Å². The molecule has 0 aromatic heterocycles. The van der Waals surface area contributed by atoms with Crippen molar-refractivity contribution in [2.45, 2.75) is 13.0 Å². The Morgan fingerprint density at radius 3 is 2.28 bits per heavy atom. The van der Waals surface area contributed by atoms with Crippen molar-refractivity contribution in [2.75, 3.05) is 6.61 Å². The number of nitro benzene ring substituents is 2. The number of carbonyl (C=O) groups is 1. The van der Waals surface area contributed by atoms with E-state index >= 15 is 0 Å². The van der Waals surface area contributed by atoms with Gasteiger partial charge in [-0.25, -0.2) is 4.79 Å². The molecule has 2 rings (SSSR count). The molecule has 0 radical (unpaired) electrons. The smallest absolute Gasteiger partial charge is 0.344 e. The Balaban J connectivity index is 1.90. The number of nitro groups is 2. The van der Waals surface area contributed by atoms with E-state index in [4.69, 9.17) is 9.47 Å². The van der Waals surface area contributed by atoms with Crippen LogP contribution in [0.15, 0.2) is 48.5 Å². The van der Waals surface area contributed by atoms with Crippen molar-refractivity contribution >= 4 is 17.3 Å². The Kier molecular flexibility index (Phi) is 5.62. The third kappa shape index (κ3) is 4.99. The van der Waals surface area contributed by atoms with Gasteiger partial charge in [0.25, 0.3) is 11.4 Å². The zero-order chi connectivity index (χ0) is 18.4. The summed E-state index contributed by atoms with van der Waals surface area (Å²) in [6.07, 6.45) is -0.687. The first-order chi connectivity index (χ1) is 11.9. The third-order valence-corrected chi connectivity index (χ3v) is 3.26. The predicted molar refractivity (Wildman–Crippen MR) is 86.2 cm³/mol. The zero-order valence-electron chi connectivity index (χ0n) is 13.2. The maximum atomic E-state index is 11.8. The summed E-state index contributed by atoms with van der Waals surface area (Å²) in [6, 6.07) is 11.0. The highest BCUT2D eigenvalue weighted by atomic mass is 16.6. The van der Waals surface area contributed by atoms with E-state index in [0.29, 0.717) is 5.56 Å². The maximum absolute atomic E-state index is 11.8. The Bertz CT molecular complexity index is 789. The van der Waals surface area contributed by atoms with E-state index in [0.717, 1.165) is 0 Å². The average molecular weight is 346 g/mol. The van der Waals surface area contributed by atoms with Gasteiger partial charge in [-0.1, -0.05) is 12.1 Å². The monoisotopic (exact) mass is 346 g/mol. The first-order valence-electron chi connectivity index (χ1n) is 7.18. The van der Waals surface area contributed by atoms with Crippen LogP contribution in [0.4, 0.5) is 11.4 Å². The topological polar surface area (TPSA) is 122 Å². The van der Waals surface area contributed by atoms with Gasteiger partial charge in [0, 0.05) is 24.3 Å². The summed E-state index contributed by atoms with van der Waals surface area (Å²) in [5, 5.41) is 21.3. The first-order valence-corrected chi connectivity index (χ1v) is 7.18. The van der Waals surface area contributed by atoms with Crippen molar-refractivity contribution in [3.05, 3.63) is 74.3 Å². The summed E-state index contributed by atoms with van der Waals surface area (Å²) in [7, 11) is 0. The Morgan fingerprint density at radius 1 is 1.04 bits per heavy atom. The van der Waals surface area contributed by atoms with E-state index in [9.17, 15) is 25.0 Å². The van der Waals surface area contributed by atoms with Crippen LogP contribution in [0.1, 0.15) is 18.6 Å². The normalized spacial score (nSPS) is 11.4. The molecule has 1 atom stereocenters. The molecule has 0 fully saturated rings. The number of carbonyl (C=O) groups excluding carboxylic acids is 1. The molecule has 0 heterocycles. The molecule has 0 unspecified atom stereocenters. The van der Waals surface area contributed by atoms with Gasteiger partial charge in [-0.2, -0.15) is 0 Å². The molecule has 9 nitrogen and oxygen atoms in total. The number of benzene rings is 2. The summed E-state index contributed by atoms with van der Waals surface area (Å²) in [4.78, 5) is 32.0. The van der Waals surface area contributed by atoms with Gasteiger partial charge in [-0.05, 0) is 24.6 Å². The van der Waals surface area contributed by atoms with Crippen LogP contribution in [0.3, 0.4) is 0 Å². The van der Waals surface area contributed by atoms with Gasteiger partial charge < -0.3 is 9.47 Å². The van der Waals surface area contributed by atoms with Crippen molar-refractivity contribution < 1.29 is 24.1 Å². The van der Waals surface area contributed by atoms with Crippen molar-refractivity contribution in [1.82, 2.24) is 0 Å². The molecule has 0 saturated heterocycles. The number of esters is 1. The van der Waals surface area contributed by atoms with Crippen LogP contribution < -0.4 is 4.74 Å². The van der Waals surface area contributed by atoms with Gasteiger partial charge in [-0.3, -0.25) is 20.2 Å². The predicted octanol–water partition coefficient (Wildman–Crippen LogP) is 3.19. The van der Waals surface area contributed by atoms with E-state index in [1.54, 1.807) is 13.0 Å². The largest absolute Gasteiger partial charge is 0.482 e. The van der Waals surface area contributed by atoms with Gasteiger partial charge in [0.1, 0.15) is 11.9 Å². The molecule has 0 amide bonds. The second kappa shape index (κ2) is 7.86. The Morgan fingerprint density at radius 2 is 1.68 bits per heavy atom.